The van der Waals surface area contributed by atoms with E-state index in [1.165, 1.54) is 83.8 Å². The first kappa shape index (κ1) is 24.0. The van der Waals surface area contributed by atoms with Crippen molar-refractivity contribution in [1.82, 2.24) is 0 Å². The van der Waals surface area contributed by atoms with Gasteiger partial charge in [-0.1, -0.05) is 66.2 Å². The Morgan fingerprint density at radius 3 is 1.42 bits per heavy atom. The molecule has 0 heterocycles. The summed E-state index contributed by atoms with van der Waals surface area (Å²) in [5.41, 5.74) is 6.05. The van der Waals surface area contributed by atoms with Gasteiger partial charge in [-0.05, 0) is 0 Å². The molecule has 24 heavy (non-hydrogen) atoms. The predicted octanol–water partition coefficient (Wildman–Crippen LogP) is 7.30. The van der Waals surface area contributed by atoms with Crippen LogP contribution < -0.4 is 0 Å². The molecule has 0 radical (unpaired) electrons. The molecule has 0 saturated heterocycles. The van der Waals surface area contributed by atoms with E-state index in [1.807, 2.05) is 0 Å². The van der Waals surface area contributed by atoms with Gasteiger partial charge in [0, 0.05) is 0 Å². The van der Waals surface area contributed by atoms with Crippen LogP contribution in [0.2, 0.25) is 13.1 Å². The minimum atomic E-state index is 0.259. The first-order chi connectivity index (χ1) is 11.4. The minimum absolute atomic E-state index is 0.259. The van der Waals surface area contributed by atoms with Gasteiger partial charge in [0.15, 0.2) is 0 Å². The van der Waals surface area contributed by atoms with E-state index in [2.05, 4.69) is 65.1 Å². The van der Waals surface area contributed by atoms with Gasteiger partial charge < -0.3 is 0 Å². The predicted molar refractivity (Wildman–Crippen MR) is 107 cm³/mol. The fourth-order valence-electron chi connectivity index (χ4n) is 2.36. The van der Waals surface area contributed by atoms with Gasteiger partial charge in [-0.3, -0.25) is 12.2 Å². The summed E-state index contributed by atoms with van der Waals surface area (Å²) in [7, 11) is 0. The summed E-state index contributed by atoms with van der Waals surface area (Å²) in [5.74, 6) is 0. The molecule has 2 rings (SSSR count). The van der Waals surface area contributed by atoms with E-state index >= 15 is 0 Å². The second kappa shape index (κ2) is 15.3. The number of allylic oxidation sites excluding steroid dienone is 8. The normalized spacial score (nSPS) is 15.3. The van der Waals surface area contributed by atoms with Gasteiger partial charge in [0.1, 0.15) is 0 Å². The molecule has 0 aromatic heterocycles. The molecule has 132 valence electrons. The third-order valence-electron chi connectivity index (χ3n) is 3.63. The first-order valence-electron chi connectivity index (χ1n) is 9.44. The standard InChI is InChI=1S/2C10H15.C2H6Si.Hf/c2*1-3-4-5-10-7-6-9(2)8-10;1-3-2;/h2*8H,3-6H2,1-2H3;1-2H3;/q2*-1;;+2. The van der Waals surface area contributed by atoms with Crippen LogP contribution in [0.1, 0.15) is 79.1 Å². The van der Waals surface area contributed by atoms with Crippen LogP contribution >= 0.6 is 0 Å². The molecule has 0 aromatic carbocycles. The maximum atomic E-state index is 3.37. The summed E-state index contributed by atoms with van der Waals surface area (Å²) >= 11 is 1.45. The fourth-order valence-corrected chi connectivity index (χ4v) is 2.36. The van der Waals surface area contributed by atoms with E-state index in [4.69, 9.17) is 0 Å². The number of unbranched alkanes of at least 4 members (excludes halogenated alkanes) is 2. The molecule has 0 aliphatic heterocycles. The maximum absolute atomic E-state index is 3.37. The molecule has 0 unspecified atom stereocenters. The topological polar surface area (TPSA) is 0 Å². The van der Waals surface area contributed by atoms with E-state index in [0.29, 0.717) is 0 Å². The van der Waals surface area contributed by atoms with E-state index < -0.39 is 0 Å². The molecule has 0 N–H and O–H groups in total. The van der Waals surface area contributed by atoms with E-state index in [-0.39, 0.29) is 5.49 Å². The summed E-state index contributed by atoms with van der Waals surface area (Å²) in [4.78, 5) is 0. The Morgan fingerprint density at radius 1 is 0.875 bits per heavy atom. The molecular weight excluding hydrogens is 471 g/mol. The third-order valence-corrected chi connectivity index (χ3v) is 3.63. The zero-order valence-corrected chi connectivity index (χ0v) is 21.4. The Morgan fingerprint density at radius 2 is 1.21 bits per heavy atom. The Balaban J connectivity index is 0.000000363. The van der Waals surface area contributed by atoms with Crippen molar-refractivity contribution >= 4 is 5.49 Å². The summed E-state index contributed by atoms with van der Waals surface area (Å²) < 4.78 is 0. The Hall–Kier alpha value is 0.0470. The van der Waals surface area contributed by atoms with Crippen molar-refractivity contribution in [3.8, 4) is 0 Å². The molecule has 0 saturated carbocycles. The van der Waals surface area contributed by atoms with Crippen LogP contribution in [0.15, 0.2) is 34.4 Å². The van der Waals surface area contributed by atoms with Crippen molar-refractivity contribution in [2.45, 2.75) is 92.2 Å². The van der Waals surface area contributed by atoms with Gasteiger partial charge in [0.05, 0.1) is 0 Å². The van der Waals surface area contributed by atoms with Crippen LogP contribution in [0.4, 0.5) is 0 Å². The molecule has 0 fully saturated rings. The number of hydrogen-bond acceptors (Lipinski definition) is 0. The van der Waals surface area contributed by atoms with Crippen molar-refractivity contribution in [2.75, 3.05) is 0 Å². The molecular formula is C22H36HfSi. The number of hydrogen-bond donors (Lipinski definition) is 0. The summed E-state index contributed by atoms with van der Waals surface area (Å²) in [5, 5.41) is 0. The molecule has 0 bridgehead atoms. The van der Waals surface area contributed by atoms with Crippen LogP contribution in [-0.4, -0.2) is 5.49 Å². The summed E-state index contributed by atoms with van der Waals surface area (Å²) in [6, 6.07) is 0. The van der Waals surface area contributed by atoms with Gasteiger partial charge in [-0.2, -0.15) is 11.1 Å². The van der Waals surface area contributed by atoms with Crippen LogP contribution in [0, 0.1) is 12.2 Å². The van der Waals surface area contributed by atoms with Crippen LogP contribution in [0.5, 0.6) is 0 Å². The van der Waals surface area contributed by atoms with Gasteiger partial charge in [-0.15, -0.1) is 12.8 Å². The zero-order chi connectivity index (χ0) is 18.4. The van der Waals surface area contributed by atoms with E-state index in [9.17, 15) is 0 Å². The SMILES string of the molecule is CCCCC1=[C-]CC(C)=C1.CCCCC1=[C-]CC(C)=C1.C[Si](C)=[Hf+2]. The van der Waals surface area contributed by atoms with E-state index in [1.54, 1.807) is 0 Å². The second-order valence-electron chi connectivity index (χ2n) is 6.95. The van der Waals surface area contributed by atoms with Crippen molar-refractivity contribution in [1.29, 1.82) is 0 Å². The molecule has 0 aromatic rings. The van der Waals surface area contributed by atoms with E-state index in [0.717, 1.165) is 12.8 Å². The third kappa shape index (κ3) is 14.4. The van der Waals surface area contributed by atoms with Gasteiger partial charge >= 0.3 is 41.6 Å². The van der Waals surface area contributed by atoms with Crippen LogP contribution in [0.3, 0.4) is 0 Å². The van der Waals surface area contributed by atoms with Gasteiger partial charge in [-0.25, -0.2) is 23.3 Å². The second-order valence-corrected chi connectivity index (χ2v) is 19.7. The Kier molecular flexibility index (Phi) is 15.3. The average molecular weight is 507 g/mol. The van der Waals surface area contributed by atoms with Crippen molar-refractivity contribution in [3.05, 3.63) is 46.6 Å². The first-order valence-corrected chi connectivity index (χ1v) is 17.3. The van der Waals surface area contributed by atoms with Gasteiger partial charge in [0.25, 0.3) is 0 Å². The Labute approximate surface area is 166 Å². The summed E-state index contributed by atoms with van der Waals surface area (Å²) in [6.07, 6.45) is 21.1. The molecule has 0 spiro atoms. The molecule has 0 atom stereocenters. The van der Waals surface area contributed by atoms with Crippen molar-refractivity contribution in [3.63, 3.8) is 0 Å². The van der Waals surface area contributed by atoms with Crippen LogP contribution in [0.25, 0.3) is 0 Å². The quantitative estimate of drug-likeness (QED) is 0.262. The average Bonchev–Trinajstić information content (AvgIpc) is 3.11. The van der Waals surface area contributed by atoms with Gasteiger partial charge in [0.2, 0.25) is 0 Å². The Bertz CT molecular complexity index is 448. The number of rotatable bonds is 6. The molecule has 2 heteroatoms. The van der Waals surface area contributed by atoms with Crippen molar-refractivity contribution < 1.29 is 23.0 Å². The fraction of sp³-hybridized carbons (Fsp3) is 0.636. The molecule has 0 amide bonds. The van der Waals surface area contributed by atoms with Crippen molar-refractivity contribution in [2.24, 2.45) is 0 Å². The molecule has 2 aliphatic carbocycles. The van der Waals surface area contributed by atoms with Crippen LogP contribution in [-0.2, 0) is 23.0 Å². The monoisotopic (exact) mass is 508 g/mol. The molecule has 0 nitrogen and oxygen atoms in total. The summed E-state index contributed by atoms with van der Waals surface area (Å²) in [6.45, 7) is 13.5. The molecule has 2 aliphatic rings. The zero-order valence-electron chi connectivity index (χ0n) is 16.8.